The summed E-state index contributed by atoms with van der Waals surface area (Å²) in [5.74, 6) is -0.0960. The Morgan fingerprint density at radius 3 is 2.78 bits per heavy atom. The fourth-order valence-electron chi connectivity index (χ4n) is 2.44. The van der Waals surface area contributed by atoms with Gasteiger partial charge in [0.05, 0.1) is 23.4 Å². The zero-order chi connectivity index (χ0) is 16.8. The average Bonchev–Trinajstić information content (AvgIpc) is 3.01. The Kier molecular flexibility index (Phi) is 6.21. The number of benzene rings is 1. The van der Waals surface area contributed by atoms with Crippen molar-refractivity contribution >= 4 is 23.4 Å². The number of rotatable bonds is 5. The molecule has 126 valence electrons. The summed E-state index contributed by atoms with van der Waals surface area (Å²) in [6, 6.07) is 2.71. The lowest BCUT2D eigenvalue weighted by Gasteiger charge is -2.16. The predicted molar refractivity (Wildman–Crippen MR) is 86.7 cm³/mol. The third-order valence-corrected chi connectivity index (χ3v) is 3.89. The molecular formula is C16H20ClFN2O3. The maximum atomic E-state index is 14.1. The van der Waals surface area contributed by atoms with Crippen molar-refractivity contribution in [3.8, 4) is 5.75 Å². The molecule has 0 radical (unpaired) electrons. The minimum atomic E-state index is -0.691. The molecule has 1 N–H and O–H groups in total. The summed E-state index contributed by atoms with van der Waals surface area (Å²) in [6.45, 7) is 3.49. The van der Waals surface area contributed by atoms with Crippen LogP contribution in [0.1, 0.15) is 45.1 Å². The van der Waals surface area contributed by atoms with Crippen LogP contribution in [0.3, 0.4) is 0 Å². The second-order valence-corrected chi connectivity index (χ2v) is 5.72. The Labute approximate surface area is 139 Å². The molecule has 0 spiro atoms. The Bertz CT molecular complexity index is 601. The number of carbonyl (C=O) groups is 1. The number of carbonyl (C=O) groups excluding carboxylic acids is 1. The zero-order valence-electron chi connectivity index (χ0n) is 13.2. The molecule has 1 amide bonds. The smallest absolute Gasteiger partial charge is 0.427 e. The highest BCUT2D eigenvalue weighted by atomic mass is 35.5. The van der Waals surface area contributed by atoms with Crippen LogP contribution in [0, 0.1) is 5.82 Å². The molecule has 0 aliphatic heterocycles. The lowest BCUT2D eigenvalue weighted by atomic mass is 10.1. The number of hydrogen-bond donors (Lipinski definition) is 1. The fourth-order valence-corrected chi connectivity index (χ4v) is 2.63. The summed E-state index contributed by atoms with van der Waals surface area (Å²) in [4.78, 5) is 11.2. The molecule has 23 heavy (non-hydrogen) atoms. The molecule has 0 unspecified atom stereocenters. The summed E-state index contributed by atoms with van der Waals surface area (Å²) in [5.41, 5.74) is 2.72. The SMILES string of the molecule is CCOC(=O)NN=C(C)c1cc(OC2CCCC2)c(Cl)cc1F. The second kappa shape index (κ2) is 8.15. The van der Waals surface area contributed by atoms with E-state index >= 15 is 0 Å². The van der Waals surface area contributed by atoms with Gasteiger partial charge in [-0.15, -0.1) is 0 Å². The molecule has 1 aromatic rings. The molecule has 0 bridgehead atoms. The minimum absolute atomic E-state index is 0.112. The summed E-state index contributed by atoms with van der Waals surface area (Å²) >= 11 is 6.06. The summed E-state index contributed by atoms with van der Waals surface area (Å²) in [7, 11) is 0. The Balaban J connectivity index is 2.16. The van der Waals surface area contributed by atoms with Gasteiger partial charge in [-0.1, -0.05) is 11.6 Å². The van der Waals surface area contributed by atoms with E-state index in [1.165, 1.54) is 12.1 Å². The van der Waals surface area contributed by atoms with Crippen LogP contribution in [0.4, 0.5) is 9.18 Å². The largest absolute Gasteiger partial charge is 0.489 e. The van der Waals surface area contributed by atoms with Gasteiger partial charge in [0.2, 0.25) is 0 Å². The highest BCUT2D eigenvalue weighted by Crippen LogP contribution is 2.32. The van der Waals surface area contributed by atoms with Crippen molar-refractivity contribution in [3.05, 3.63) is 28.5 Å². The van der Waals surface area contributed by atoms with Crippen molar-refractivity contribution in [2.24, 2.45) is 5.10 Å². The predicted octanol–water partition coefficient (Wildman–Crippen LogP) is 4.27. The number of hydrogen-bond acceptors (Lipinski definition) is 4. The average molecular weight is 343 g/mol. The van der Waals surface area contributed by atoms with Crippen LogP contribution < -0.4 is 10.2 Å². The first-order valence-corrected chi connectivity index (χ1v) is 8.02. The molecule has 1 aliphatic carbocycles. The zero-order valence-corrected chi connectivity index (χ0v) is 14.0. The van der Waals surface area contributed by atoms with Crippen molar-refractivity contribution < 1.29 is 18.7 Å². The second-order valence-electron chi connectivity index (χ2n) is 5.32. The number of halogens is 2. The Morgan fingerprint density at radius 2 is 2.13 bits per heavy atom. The van der Waals surface area contributed by atoms with Crippen molar-refractivity contribution in [1.29, 1.82) is 0 Å². The number of hydrazone groups is 1. The van der Waals surface area contributed by atoms with E-state index < -0.39 is 11.9 Å². The third-order valence-electron chi connectivity index (χ3n) is 3.60. The third kappa shape index (κ3) is 4.82. The molecule has 2 rings (SSSR count). The van der Waals surface area contributed by atoms with E-state index in [4.69, 9.17) is 21.1 Å². The maximum Gasteiger partial charge on any atom is 0.427 e. The van der Waals surface area contributed by atoms with Gasteiger partial charge in [-0.2, -0.15) is 5.10 Å². The lowest BCUT2D eigenvalue weighted by molar-refractivity contribution is 0.152. The topological polar surface area (TPSA) is 59.9 Å². The molecule has 7 heteroatoms. The highest BCUT2D eigenvalue weighted by molar-refractivity contribution is 6.32. The van der Waals surface area contributed by atoms with E-state index in [0.717, 1.165) is 25.7 Å². The van der Waals surface area contributed by atoms with Crippen LogP contribution in [-0.2, 0) is 4.74 Å². The normalized spacial score (nSPS) is 15.6. The van der Waals surface area contributed by atoms with Crippen LogP contribution in [-0.4, -0.2) is 24.5 Å². The van der Waals surface area contributed by atoms with Crippen LogP contribution in [0.5, 0.6) is 5.75 Å². The molecule has 0 heterocycles. The van der Waals surface area contributed by atoms with E-state index in [2.05, 4.69) is 10.5 Å². The standard InChI is InChI=1S/C16H20ClFN2O3/c1-3-22-16(21)20-19-10(2)12-8-15(13(17)9-14(12)18)23-11-6-4-5-7-11/h8-9,11H,3-7H2,1-2H3,(H,20,21). The number of nitrogens with zero attached hydrogens (tertiary/aromatic N) is 1. The summed E-state index contributed by atoms with van der Waals surface area (Å²) in [5, 5.41) is 4.06. The fraction of sp³-hybridized carbons (Fsp3) is 0.500. The van der Waals surface area contributed by atoms with E-state index in [0.29, 0.717) is 11.5 Å². The van der Waals surface area contributed by atoms with Crippen molar-refractivity contribution in [2.45, 2.75) is 45.6 Å². The molecule has 1 fully saturated rings. The monoisotopic (exact) mass is 342 g/mol. The van der Waals surface area contributed by atoms with Gasteiger partial charge in [0.25, 0.3) is 0 Å². The number of amides is 1. The van der Waals surface area contributed by atoms with Crippen molar-refractivity contribution in [1.82, 2.24) is 5.43 Å². The van der Waals surface area contributed by atoms with Crippen molar-refractivity contribution in [2.75, 3.05) is 6.61 Å². The molecule has 0 saturated heterocycles. The van der Waals surface area contributed by atoms with Gasteiger partial charge in [0, 0.05) is 5.56 Å². The number of ether oxygens (including phenoxy) is 2. The molecular weight excluding hydrogens is 323 g/mol. The Morgan fingerprint density at radius 1 is 1.43 bits per heavy atom. The van der Waals surface area contributed by atoms with E-state index in [9.17, 15) is 9.18 Å². The molecule has 1 aliphatic rings. The van der Waals surface area contributed by atoms with Gasteiger partial charge in [-0.05, 0) is 51.7 Å². The van der Waals surface area contributed by atoms with E-state index in [1.54, 1.807) is 13.8 Å². The van der Waals surface area contributed by atoms with Gasteiger partial charge < -0.3 is 9.47 Å². The lowest BCUT2D eigenvalue weighted by Crippen LogP contribution is -2.20. The summed E-state index contributed by atoms with van der Waals surface area (Å²) in [6.07, 6.45) is 3.62. The Hall–Kier alpha value is -1.82. The van der Waals surface area contributed by atoms with Gasteiger partial charge in [-0.25, -0.2) is 14.6 Å². The van der Waals surface area contributed by atoms with Gasteiger partial charge >= 0.3 is 6.09 Å². The first kappa shape index (κ1) is 17.5. The highest BCUT2D eigenvalue weighted by Gasteiger charge is 2.19. The molecule has 0 atom stereocenters. The number of nitrogens with one attached hydrogen (secondary N) is 1. The van der Waals surface area contributed by atoms with Crippen molar-refractivity contribution in [3.63, 3.8) is 0 Å². The maximum absolute atomic E-state index is 14.1. The molecule has 5 nitrogen and oxygen atoms in total. The summed E-state index contributed by atoms with van der Waals surface area (Å²) < 4.78 is 24.6. The minimum Gasteiger partial charge on any atom is -0.489 e. The first-order chi connectivity index (χ1) is 11.0. The van der Waals surface area contributed by atoms with Crippen LogP contribution in [0.2, 0.25) is 5.02 Å². The quantitative estimate of drug-likeness (QED) is 0.642. The van der Waals surface area contributed by atoms with E-state index in [1.807, 2.05) is 0 Å². The van der Waals surface area contributed by atoms with Crippen LogP contribution in [0.15, 0.2) is 17.2 Å². The van der Waals surface area contributed by atoms with Gasteiger partial charge in [-0.3, -0.25) is 0 Å². The van der Waals surface area contributed by atoms with Gasteiger partial charge in [0.1, 0.15) is 11.6 Å². The van der Waals surface area contributed by atoms with Gasteiger partial charge in [0.15, 0.2) is 0 Å². The molecule has 1 saturated carbocycles. The molecule has 1 aromatic carbocycles. The van der Waals surface area contributed by atoms with E-state index in [-0.39, 0.29) is 23.3 Å². The van der Waals surface area contributed by atoms with Crippen LogP contribution >= 0.6 is 11.6 Å². The van der Waals surface area contributed by atoms with Crippen LogP contribution in [0.25, 0.3) is 0 Å². The first-order valence-electron chi connectivity index (χ1n) is 7.64. The molecule has 0 aromatic heterocycles.